The van der Waals surface area contributed by atoms with E-state index < -0.39 is 0 Å². The lowest BCUT2D eigenvalue weighted by molar-refractivity contribution is 0.758. The Hall–Kier alpha value is -2.86. The molecule has 0 fully saturated rings. The molecule has 22 heavy (non-hydrogen) atoms. The molecule has 4 rings (SSSR count). The number of hydrogen-bond acceptors (Lipinski definition) is 3. The predicted molar refractivity (Wildman–Crippen MR) is 87.6 cm³/mol. The largest absolute Gasteiger partial charge is 0.363 e. The summed E-state index contributed by atoms with van der Waals surface area (Å²) < 4.78 is 0. The number of aromatic nitrogens is 1. The minimum absolute atomic E-state index is 0.333. The summed E-state index contributed by atoms with van der Waals surface area (Å²) in [6, 6.07) is 20.7. The van der Waals surface area contributed by atoms with Gasteiger partial charge in [0.05, 0.1) is 23.2 Å². The molecule has 1 N–H and O–H groups in total. The van der Waals surface area contributed by atoms with E-state index in [0.29, 0.717) is 11.6 Å². The fraction of sp³-hybridized carbons (Fsp3) is 0.158. The number of pyridine rings is 1. The molecule has 1 aromatic heterocycles. The molecule has 0 unspecified atom stereocenters. The van der Waals surface area contributed by atoms with Crippen molar-refractivity contribution in [3.8, 4) is 6.07 Å². The Morgan fingerprint density at radius 2 is 2.00 bits per heavy atom. The number of nitrogens with one attached hydrogen (secondary N) is 1. The third-order valence-electron chi connectivity index (χ3n) is 4.27. The molecule has 3 aromatic rings. The highest BCUT2D eigenvalue weighted by Crippen LogP contribution is 2.33. The number of fused-ring (bicyclic) bond motifs is 2. The summed E-state index contributed by atoms with van der Waals surface area (Å²) in [5.41, 5.74) is 4.39. The van der Waals surface area contributed by atoms with Gasteiger partial charge < -0.3 is 5.32 Å². The third-order valence-corrected chi connectivity index (χ3v) is 4.27. The SMILES string of the molecule is N#Cc1ccc2nc(N[C@@H]3CCc4ccccc43)ccc2c1. The van der Waals surface area contributed by atoms with Crippen molar-refractivity contribution in [1.29, 1.82) is 5.26 Å². The lowest BCUT2D eigenvalue weighted by atomic mass is 10.1. The molecule has 1 aliphatic rings. The molecule has 1 aliphatic carbocycles. The van der Waals surface area contributed by atoms with Crippen LogP contribution in [0.3, 0.4) is 0 Å². The average molecular weight is 285 g/mol. The van der Waals surface area contributed by atoms with Crippen molar-refractivity contribution >= 4 is 16.7 Å². The van der Waals surface area contributed by atoms with E-state index in [1.165, 1.54) is 11.1 Å². The van der Waals surface area contributed by atoms with Crippen LogP contribution in [0, 0.1) is 11.3 Å². The molecule has 1 atom stereocenters. The first-order chi connectivity index (χ1) is 10.8. The van der Waals surface area contributed by atoms with E-state index in [1.807, 2.05) is 30.3 Å². The van der Waals surface area contributed by atoms with Crippen LogP contribution in [0.15, 0.2) is 54.6 Å². The predicted octanol–water partition coefficient (Wildman–Crippen LogP) is 4.21. The molecule has 0 spiro atoms. The van der Waals surface area contributed by atoms with E-state index in [1.54, 1.807) is 0 Å². The minimum atomic E-state index is 0.333. The fourth-order valence-electron chi connectivity index (χ4n) is 3.16. The normalized spacial score (nSPS) is 16.2. The van der Waals surface area contributed by atoms with Gasteiger partial charge in [-0.3, -0.25) is 0 Å². The Labute approximate surface area is 129 Å². The Morgan fingerprint density at radius 1 is 1.09 bits per heavy atom. The van der Waals surface area contributed by atoms with Crippen LogP contribution in [-0.2, 0) is 6.42 Å². The van der Waals surface area contributed by atoms with Gasteiger partial charge in [-0.25, -0.2) is 4.98 Å². The molecular formula is C19H15N3. The van der Waals surface area contributed by atoms with Gasteiger partial charge >= 0.3 is 0 Å². The molecule has 3 heteroatoms. The second-order valence-corrected chi connectivity index (χ2v) is 5.65. The van der Waals surface area contributed by atoms with Crippen LogP contribution in [0.1, 0.15) is 29.2 Å². The smallest absolute Gasteiger partial charge is 0.127 e. The van der Waals surface area contributed by atoms with E-state index in [2.05, 4.69) is 40.6 Å². The Morgan fingerprint density at radius 3 is 2.91 bits per heavy atom. The van der Waals surface area contributed by atoms with E-state index in [4.69, 9.17) is 5.26 Å². The highest BCUT2D eigenvalue weighted by molar-refractivity contribution is 5.81. The van der Waals surface area contributed by atoms with Crippen molar-refractivity contribution in [2.24, 2.45) is 0 Å². The van der Waals surface area contributed by atoms with Crippen molar-refractivity contribution in [3.63, 3.8) is 0 Å². The zero-order valence-corrected chi connectivity index (χ0v) is 12.1. The summed E-state index contributed by atoms with van der Waals surface area (Å²) in [6.07, 6.45) is 2.22. The Kier molecular flexibility index (Phi) is 3.01. The van der Waals surface area contributed by atoms with Gasteiger partial charge in [-0.05, 0) is 54.3 Å². The van der Waals surface area contributed by atoms with Crippen LogP contribution in [0.5, 0.6) is 0 Å². The van der Waals surface area contributed by atoms with E-state index >= 15 is 0 Å². The summed E-state index contributed by atoms with van der Waals surface area (Å²) in [4.78, 5) is 4.67. The standard InChI is InChI=1S/C19H15N3/c20-12-13-5-8-17-15(11-13)7-10-19(21-17)22-18-9-6-14-3-1-2-4-16(14)18/h1-5,7-8,10-11,18H,6,9H2,(H,21,22)/t18-/m1/s1. The maximum absolute atomic E-state index is 8.95. The summed E-state index contributed by atoms with van der Waals surface area (Å²) in [5, 5.41) is 13.5. The van der Waals surface area contributed by atoms with E-state index in [9.17, 15) is 0 Å². The minimum Gasteiger partial charge on any atom is -0.363 e. The van der Waals surface area contributed by atoms with Gasteiger partial charge in [-0.2, -0.15) is 5.26 Å². The molecule has 0 saturated carbocycles. The Balaban J connectivity index is 1.64. The van der Waals surface area contributed by atoms with Crippen molar-refractivity contribution in [2.75, 3.05) is 5.32 Å². The lowest BCUT2D eigenvalue weighted by Gasteiger charge is -2.15. The molecule has 0 saturated heterocycles. The van der Waals surface area contributed by atoms with Crippen LogP contribution in [-0.4, -0.2) is 4.98 Å². The van der Waals surface area contributed by atoms with Gasteiger partial charge in [0.2, 0.25) is 0 Å². The van der Waals surface area contributed by atoms with E-state index in [0.717, 1.165) is 29.6 Å². The number of rotatable bonds is 2. The number of nitrogens with zero attached hydrogens (tertiary/aromatic N) is 2. The second-order valence-electron chi connectivity index (χ2n) is 5.65. The van der Waals surface area contributed by atoms with Crippen LogP contribution >= 0.6 is 0 Å². The maximum atomic E-state index is 8.95. The average Bonchev–Trinajstić information content (AvgIpc) is 2.97. The maximum Gasteiger partial charge on any atom is 0.127 e. The van der Waals surface area contributed by atoms with Crippen LogP contribution < -0.4 is 5.32 Å². The third kappa shape index (κ3) is 2.19. The summed E-state index contributed by atoms with van der Waals surface area (Å²) in [5.74, 6) is 0.888. The molecule has 0 radical (unpaired) electrons. The van der Waals surface area contributed by atoms with Crippen molar-refractivity contribution in [1.82, 2.24) is 4.98 Å². The molecule has 3 nitrogen and oxygen atoms in total. The number of nitriles is 1. The molecule has 1 heterocycles. The number of anilines is 1. The van der Waals surface area contributed by atoms with E-state index in [-0.39, 0.29) is 0 Å². The molecular weight excluding hydrogens is 270 g/mol. The zero-order chi connectivity index (χ0) is 14.9. The Bertz CT molecular complexity index is 893. The second kappa shape index (κ2) is 5.16. The quantitative estimate of drug-likeness (QED) is 0.767. The fourth-order valence-corrected chi connectivity index (χ4v) is 3.16. The molecule has 0 amide bonds. The molecule has 106 valence electrons. The van der Waals surface area contributed by atoms with Gasteiger partial charge in [-0.15, -0.1) is 0 Å². The van der Waals surface area contributed by atoms with Gasteiger partial charge in [-0.1, -0.05) is 24.3 Å². The topological polar surface area (TPSA) is 48.7 Å². The number of aryl methyl sites for hydroxylation is 1. The lowest BCUT2D eigenvalue weighted by Crippen LogP contribution is -2.08. The van der Waals surface area contributed by atoms with Crippen LogP contribution in [0.2, 0.25) is 0 Å². The molecule has 0 bridgehead atoms. The first kappa shape index (κ1) is 12.8. The van der Waals surface area contributed by atoms with Gasteiger partial charge in [0, 0.05) is 5.39 Å². The van der Waals surface area contributed by atoms with Crippen molar-refractivity contribution < 1.29 is 0 Å². The first-order valence-corrected chi connectivity index (χ1v) is 7.49. The molecule has 0 aliphatic heterocycles. The summed E-state index contributed by atoms with van der Waals surface area (Å²) in [7, 11) is 0. The highest BCUT2D eigenvalue weighted by Gasteiger charge is 2.21. The first-order valence-electron chi connectivity index (χ1n) is 7.49. The van der Waals surface area contributed by atoms with Gasteiger partial charge in [0.25, 0.3) is 0 Å². The monoisotopic (exact) mass is 285 g/mol. The van der Waals surface area contributed by atoms with Crippen molar-refractivity contribution in [2.45, 2.75) is 18.9 Å². The highest BCUT2D eigenvalue weighted by atomic mass is 15.0. The number of benzene rings is 2. The summed E-state index contributed by atoms with van der Waals surface area (Å²) in [6.45, 7) is 0. The van der Waals surface area contributed by atoms with Gasteiger partial charge in [0.15, 0.2) is 0 Å². The van der Waals surface area contributed by atoms with Gasteiger partial charge in [0.1, 0.15) is 5.82 Å². The van der Waals surface area contributed by atoms with Crippen LogP contribution in [0.4, 0.5) is 5.82 Å². The molecule has 2 aromatic carbocycles. The zero-order valence-electron chi connectivity index (χ0n) is 12.1. The summed E-state index contributed by atoms with van der Waals surface area (Å²) >= 11 is 0. The van der Waals surface area contributed by atoms with Crippen LogP contribution in [0.25, 0.3) is 10.9 Å². The van der Waals surface area contributed by atoms with Crippen molar-refractivity contribution in [3.05, 3.63) is 71.3 Å². The number of hydrogen-bond donors (Lipinski definition) is 1.